The Morgan fingerprint density at radius 1 is 1.53 bits per heavy atom. The molecule has 0 saturated heterocycles. The second kappa shape index (κ2) is 5.81. The number of methoxy groups -OCH3 is 1. The summed E-state index contributed by atoms with van der Waals surface area (Å²) >= 11 is 0. The van der Waals surface area contributed by atoms with Gasteiger partial charge >= 0.3 is 6.01 Å². The van der Waals surface area contributed by atoms with Gasteiger partial charge in [0, 0.05) is 13.1 Å². The normalized spacial score (nSPS) is 11.5. The van der Waals surface area contributed by atoms with Crippen LogP contribution < -0.4 is 20.9 Å². The van der Waals surface area contributed by atoms with E-state index in [2.05, 4.69) is 26.4 Å². The Bertz CT molecular complexity index is 394. The highest BCUT2D eigenvalue weighted by molar-refractivity contribution is 5.37. The Kier molecular flexibility index (Phi) is 4.42. The van der Waals surface area contributed by atoms with Crippen LogP contribution in [-0.2, 0) is 0 Å². The highest BCUT2D eigenvalue weighted by Crippen LogP contribution is 2.15. The minimum atomic E-state index is -0.0160. The van der Waals surface area contributed by atoms with Crippen LogP contribution in [0.3, 0.4) is 0 Å². The second-order valence-corrected chi connectivity index (χ2v) is 3.41. The number of hydrazine groups is 1. The maximum absolute atomic E-state index is 8.65. The number of hydrogen-bond donors (Lipinski definition) is 2. The molecule has 1 aromatic heterocycles. The monoisotopic (exact) mass is 237 g/mol. The highest BCUT2D eigenvalue weighted by atomic mass is 16.5. The van der Waals surface area contributed by atoms with Crippen LogP contribution in [0.4, 0.5) is 11.9 Å². The van der Waals surface area contributed by atoms with Gasteiger partial charge in [-0.3, -0.25) is 5.43 Å². The lowest BCUT2D eigenvalue weighted by atomic mass is 10.2. The summed E-state index contributed by atoms with van der Waals surface area (Å²) in [7, 11) is 3.25. The van der Waals surface area contributed by atoms with Gasteiger partial charge in [-0.15, -0.1) is 0 Å². The van der Waals surface area contributed by atoms with Gasteiger partial charge < -0.3 is 9.64 Å². The number of nitrogens with two attached hydrogens (primary N) is 1. The van der Waals surface area contributed by atoms with Crippen LogP contribution in [0.25, 0.3) is 0 Å². The van der Waals surface area contributed by atoms with E-state index in [0.717, 1.165) is 0 Å². The average Bonchev–Trinajstić information content (AvgIpc) is 2.37. The van der Waals surface area contributed by atoms with Crippen LogP contribution in [0.2, 0.25) is 0 Å². The summed E-state index contributed by atoms with van der Waals surface area (Å²) in [4.78, 5) is 13.8. The Morgan fingerprint density at radius 3 is 2.76 bits per heavy atom. The fourth-order valence-electron chi connectivity index (χ4n) is 1.13. The largest absolute Gasteiger partial charge is 0.467 e. The summed E-state index contributed by atoms with van der Waals surface area (Å²) in [5.41, 5.74) is 2.33. The molecule has 0 aliphatic heterocycles. The third-order valence-corrected chi connectivity index (χ3v) is 2.28. The number of rotatable bonds is 5. The van der Waals surface area contributed by atoms with Crippen LogP contribution in [0, 0.1) is 11.3 Å². The molecule has 0 aromatic carbocycles. The number of nitriles is 1. The minimum Gasteiger partial charge on any atom is -0.467 e. The molecule has 92 valence electrons. The molecule has 0 saturated carbocycles. The molecule has 1 rings (SSSR count). The zero-order valence-corrected chi connectivity index (χ0v) is 10.0. The molecule has 0 aliphatic rings. The van der Waals surface area contributed by atoms with Crippen molar-refractivity contribution in [3.8, 4) is 12.1 Å². The molecule has 0 fully saturated rings. The van der Waals surface area contributed by atoms with E-state index in [4.69, 9.17) is 15.8 Å². The van der Waals surface area contributed by atoms with Gasteiger partial charge in [0.2, 0.25) is 11.9 Å². The molecular weight excluding hydrogens is 222 g/mol. The van der Waals surface area contributed by atoms with Crippen molar-refractivity contribution in [1.82, 2.24) is 15.0 Å². The molecule has 1 atom stereocenters. The lowest BCUT2D eigenvalue weighted by molar-refractivity contribution is 0.378. The fraction of sp³-hybridized carbons (Fsp3) is 0.556. The van der Waals surface area contributed by atoms with E-state index in [1.54, 1.807) is 11.9 Å². The van der Waals surface area contributed by atoms with Gasteiger partial charge in [0.05, 0.1) is 19.6 Å². The summed E-state index contributed by atoms with van der Waals surface area (Å²) in [6, 6.07) is 2.24. The quantitative estimate of drug-likeness (QED) is 0.539. The van der Waals surface area contributed by atoms with E-state index in [9.17, 15) is 0 Å². The second-order valence-electron chi connectivity index (χ2n) is 3.41. The van der Waals surface area contributed by atoms with Crippen molar-refractivity contribution in [2.24, 2.45) is 5.84 Å². The first-order valence-electron chi connectivity index (χ1n) is 4.98. The van der Waals surface area contributed by atoms with Gasteiger partial charge in [0.25, 0.3) is 0 Å². The molecular formula is C9H15N7O. The Labute approximate surface area is 99.4 Å². The number of aromatic nitrogens is 3. The third kappa shape index (κ3) is 3.15. The summed E-state index contributed by atoms with van der Waals surface area (Å²) in [6.07, 6.45) is 0.371. The van der Waals surface area contributed by atoms with Crippen LogP contribution in [0.1, 0.15) is 13.3 Å². The number of nitrogen functional groups attached to an aromatic ring is 1. The molecule has 0 spiro atoms. The van der Waals surface area contributed by atoms with E-state index in [1.807, 2.05) is 6.92 Å². The first-order valence-corrected chi connectivity index (χ1v) is 4.98. The Morgan fingerprint density at radius 2 is 2.24 bits per heavy atom. The number of anilines is 2. The first kappa shape index (κ1) is 12.9. The van der Waals surface area contributed by atoms with Crippen molar-refractivity contribution >= 4 is 11.9 Å². The van der Waals surface area contributed by atoms with Gasteiger partial charge in [-0.1, -0.05) is 0 Å². The van der Waals surface area contributed by atoms with Crippen LogP contribution in [0.5, 0.6) is 6.01 Å². The number of nitrogens with one attached hydrogen (secondary N) is 1. The van der Waals surface area contributed by atoms with E-state index < -0.39 is 0 Å². The molecule has 8 heteroatoms. The van der Waals surface area contributed by atoms with Crippen molar-refractivity contribution < 1.29 is 4.74 Å². The average molecular weight is 237 g/mol. The molecule has 0 bridgehead atoms. The van der Waals surface area contributed by atoms with E-state index >= 15 is 0 Å². The molecule has 3 N–H and O–H groups in total. The van der Waals surface area contributed by atoms with E-state index in [0.29, 0.717) is 12.4 Å². The van der Waals surface area contributed by atoms with Gasteiger partial charge in [-0.2, -0.15) is 20.2 Å². The van der Waals surface area contributed by atoms with Crippen molar-refractivity contribution in [2.45, 2.75) is 19.4 Å². The van der Waals surface area contributed by atoms with Crippen LogP contribution in [-0.4, -0.2) is 35.2 Å². The maximum Gasteiger partial charge on any atom is 0.322 e. The lowest BCUT2D eigenvalue weighted by Crippen LogP contribution is -2.30. The molecule has 17 heavy (non-hydrogen) atoms. The highest BCUT2D eigenvalue weighted by Gasteiger charge is 2.15. The molecule has 8 nitrogen and oxygen atoms in total. The number of hydrogen-bond acceptors (Lipinski definition) is 8. The number of nitrogens with zero attached hydrogens (tertiary/aromatic N) is 5. The molecule has 0 radical (unpaired) electrons. The summed E-state index contributed by atoms with van der Waals surface area (Å²) in [5, 5.41) is 8.65. The van der Waals surface area contributed by atoms with Crippen molar-refractivity contribution in [1.29, 1.82) is 5.26 Å². The van der Waals surface area contributed by atoms with Crippen molar-refractivity contribution in [3.63, 3.8) is 0 Å². The predicted molar refractivity (Wildman–Crippen MR) is 62.3 cm³/mol. The Balaban J connectivity index is 3.00. The summed E-state index contributed by atoms with van der Waals surface area (Å²) in [5.74, 6) is 5.85. The lowest BCUT2D eigenvalue weighted by Gasteiger charge is -2.22. The summed E-state index contributed by atoms with van der Waals surface area (Å²) < 4.78 is 4.94. The SMILES string of the molecule is COc1nc(NN)nc(N(C)C(C)CC#N)n1. The van der Waals surface area contributed by atoms with Gasteiger partial charge in [-0.25, -0.2) is 5.84 Å². The van der Waals surface area contributed by atoms with Crippen LogP contribution >= 0.6 is 0 Å². The number of ether oxygens (including phenoxy) is 1. The molecule has 1 heterocycles. The topological polar surface area (TPSA) is 113 Å². The standard InChI is InChI=1S/C9H15N7O/c1-6(4-5-10)16(2)8-12-7(15-11)13-9(14-8)17-3/h6H,4,11H2,1-3H3,(H,12,13,14,15). The molecule has 0 amide bonds. The minimum absolute atomic E-state index is 0.0160. The molecule has 1 unspecified atom stereocenters. The maximum atomic E-state index is 8.65. The first-order chi connectivity index (χ1) is 8.12. The van der Waals surface area contributed by atoms with Crippen molar-refractivity contribution in [3.05, 3.63) is 0 Å². The fourth-order valence-corrected chi connectivity index (χ4v) is 1.13. The van der Waals surface area contributed by atoms with E-state index in [-0.39, 0.29) is 18.0 Å². The smallest absolute Gasteiger partial charge is 0.322 e. The molecule has 1 aromatic rings. The summed E-state index contributed by atoms with van der Waals surface area (Å²) in [6.45, 7) is 1.90. The van der Waals surface area contributed by atoms with E-state index in [1.165, 1.54) is 7.11 Å². The Hall–Kier alpha value is -2.14. The predicted octanol–water partition coefficient (Wildman–Crippen LogP) is -0.0958. The van der Waals surface area contributed by atoms with Gasteiger partial charge in [0.1, 0.15) is 0 Å². The zero-order valence-electron chi connectivity index (χ0n) is 10.0. The molecule has 0 aliphatic carbocycles. The van der Waals surface area contributed by atoms with Gasteiger partial charge in [-0.05, 0) is 6.92 Å². The zero-order chi connectivity index (χ0) is 12.8. The third-order valence-electron chi connectivity index (χ3n) is 2.28. The van der Waals surface area contributed by atoms with Gasteiger partial charge in [0.15, 0.2) is 0 Å². The van der Waals surface area contributed by atoms with Crippen LogP contribution in [0.15, 0.2) is 0 Å². The van der Waals surface area contributed by atoms with Crippen molar-refractivity contribution in [2.75, 3.05) is 24.5 Å².